The summed E-state index contributed by atoms with van der Waals surface area (Å²) in [5, 5.41) is 2.58. The van der Waals surface area contributed by atoms with Crippen LogP contribution in [0.15, 0.2) is 21.8 Å². The fourth-order valence-corrected chi connectivity index (χ4v) is 3.13. The topological polar surface area (TPSA) is 137 Å². The second-order valence-electron chi connectivity index (χ2n) is 5.57. The van der Waals surface area contributed by atoms with Crippen LogP contribution >= 0.6 is 11.8 Å². The van der Waals surface area contributed by atoms with E-state index in [1.165, 1.54) is 25.0 Å². The molecule has 0 radical (unpaired) electrons. The Labute approximate surface area is 160 Å². The molecule has 0 spiro atoms. The molecule has 1 unspecified atom stereocenters. The SMILES string of the molecule is CCOC(=O)c1c(C)oc(NC(=O)C(C)Sc2cc(C)ncn2)c1C(N)=O. The lowest BCUT2D eigenvalue weighted by Gasteiger charge is -2.11. The first kappa shape index (κ1) is 20.4. The smallest absolute Gasteiger partial charge is 0.342 e. The third kappa shape index (κ3) is 4.85. The number of nitrogens with zero attached hydrogens (tertiary/aromatic N) is 2. The van der Waals surface area contributed by atoms with Gasteiger partial charge in [-0.2, -0.15) is 0 Å². The molecule has 1 atom stereocenters. The summed E-state index contributed by atoms with van der Waals surface area (Å²) in [4.78, 5) is 44.5. The average molecular weight is 392 g/mol. The van der Waals surface area contributed by atoms with Gasteiger partial charge in [-0.05, 0) is 33.8 Å². The molecule has 0 aromatic carbocycles. The van der Waals surface area contributed by atoms with Crippen LogP contribution in [-0.2, 0) is 9.53 Å². The van der Waals surface area contributed by atoms with Crippen LogP contribution in [0, 0.1) is 13.8 Å². The molecule has 10 heteroatoms. The maximum Gasteiger partial charge on any atom is 0.342 e. The van der Waals surface area contributed by atoms with E-state index in [1.807, 2.05) is 6.92 Å². The van der Waals surface area contributed by atoms with Crippen molar-refractivity contribution < 1.29 is 23.5 Å². The van der Waals surface area contributed by atoms with Crippen molar-refractivity contribution in [3.05, 3.63) is 35.0 Å². The van der Waals surface area contributed by atoms with E-state index < -0.39 is 23.0 Å². The van der Waals surface area contributed by atoms with Crippen molar-refractivity contribution in [3.8, 4) is 0 Å². The number of nitrogens with one attached hydrogen (secondary N) is 1. The Balaban J connectivity index is 2.23. The van der Waals surface area contributed by atoms with Gasteiger partial charge >= 0.3 is 5.97 Å². The van der Waals surface area contributed by atoms with Crippen LogP contribution in [0.3, 0.4) is 0 Å². The van der Waals surface area contributed by atoms with E-state index in [0.29, 0.717) is 5.03 Å². The van der Waals surface area contributed by atoms with Gasteiger partial charge < -0.3 is 14.9 Å². The number of esters is 1. The lowest BCUT2D eigenvalue weighted by atomic mass is 10.1. The van der Waals surface area contributed by atoms with Crippen LogP contribution in [0.2, 0.25) is 0 Å². The molecule has 0 bridgehead atoms. The first-order valence-corrected chi connectivity index (χ1v) is 8.99. The van der Waals surface area contributed by atoms with Gasteiger partial charge in [0, 0.05) is 5.69 Å². The maximum atomic E-state index is 12.5. The lowest BCUT2D eigenvalue weighted by molar-refractivity contribution is -0.115. The fourth-order valence-electron chi connectivity index (χ4n) is 2.26. The van der Waals surface area contributed by atoms with Crippen molar-refractivity contribution in [2.45, 2.75) is 38.0 Å². The second-order valence-corrected chi connectivity index (χ2v) is 6.93. The van der Waals surface area contributed by atoms with E-state index in [9.17, 15) is 14.4 Å². The number of carbonyl (C=O) groups excluding carboxylic acids is 3. The second kappa shape index (κ2) is 8.67. The van der Waals surface area contributed by atoms with E-state index in [-0.39, 0.29) is 29.4 Å². The van der Waals surface area contributed by atoms with E-state index in [4.69, 9.17) is 14.9 Å². The van der Waals surface area contributed by atoms with Gasteiger partial charge in [0.1, 0.15) is 28.2 Å². The number of aryl methyl sites for hydroxylation is 2. The van der Waals surface area contributed by atoms with Crippen molar-refractivity contribution in [1.82, 2.24) is 9.97 Å². The number of furan rings is 1. The number of hydrogen-bond acceptors (Lipinski definition) is 8. The van der Waals surface area contributed by atoms with Crippen molar-refractivity contribution >= 4 is 35.4 Å². The number of anilines is 1. The first-order chi connectivity index (χ1) is 12.7. The van der Waals surface area contributed by atoms with E-state index >= 15 is 0 Å². The normalized spacial score (nSPS) is 11.7. The van der Waals surface area contributed by atoms with Crippen LogP contribution in [0.5, 0.6) is 0 Å². The fraction of sp³-hybridized carbons (Fsp3) is 0.353. The number of primary amides is 1. The molecule has 2 amide bonds. The van der Waals surface area contributed by atoms with Crippen molar-refractivity contribution in [1.29, 1.82) is 0 Å². The van der Waals surface area contributed by atoms with Crippen LogP contribution in [0.25, 0.3) is 0 Å². The summed E-state index contributed by atoms with van der Waals surface area (Å²) in [6.07, 6.45) is 1.41. The van der Waals surface area contributed by atoms with Crippen LogP contribution in [0.4, 0.5) is 5.88 Å². The lowest BCUT2D eigenvalue weighted by Crippen LogP contribution is -2.25. The minimum Gasteiger partial charge on any atom is -0.462 e. The van der Waals surface area contributed by atoms with Crippen molar-refractivity contribution in [2.75, 3.05) is 11.9 Å². The number of ether oxygens (including phenoxy) is 1. The maximum absolute atomic E-state index is 12.5. The van der Waals surface area contributed by atoms with E-state index in [0.717, 1.165) is 5.69 Å². The van der Waals surface area contributed by atoms with Gasteiger partial charge in [0.05, 0.1) is 11.9 Å². The van der Waals surface area contributed by atoms with Gasteiger partial charge in [-0.1, -0.05) is 11.8 Å². The zero-order valence-electron chi connectivity index (χ0n) is 15.4. The van der Waals surface area contributed by atoms with Crippen LogP contribution in [0.1, 0.15) is 46.0 Å². The number of hydrogen-bond donors (Lipinski definition) is 2. The first-order valence-electron chi connectivity index (χ1n) is 8.11. The molecular formula is C17H20N4O5S. The van der Waals surface area contributed by atoms with Gasteiger partial charge in [-0.3, -0.25) is 14.9 Å². The number of thioether (sulfide) groups is 1. The third-order valence-electron chi connectivity index (χ3n) is 3.49. The third-order valence-corrected chi connectivity index (χ3v) is 4.52. The molecule has 2 rings (SSSR count). The quantitative estimate of drug-likeness (QED) is 0.415. The monoisotopic (exact) mass is 392 g/mol. The molecule has 0 aliphatic rings. The summed E-state index contributed by atoms with van der Waals surface area (Å²) in [6, 6.07) is 1.75. The Hall–Kier alpha value is -2.88. The van der Waals surface area contributed by atoms with Gasteiger partial charge in [0.2, 0.25) is 11.8 Å². The van der Waals surface area contributed by atoms with Gasteiger partial charge in [0.25, 0.3) is 5.91 Å². The molecule has 2 aromatic rings. The molecule has 0 aliphatic heterocycles. The highest BCUT2D eigenvalue weighted by Crippen LogP contribution is 2.29. The van der Waals surface area contributed by atoms with Gasteiger partial charge in [-0.15, -0.1) is 0 Å². The average Bonchev–Trinajstić information content (AvgIpc) is 2.91. The highest BCUT2D eigenvalue weighted by Gasteiger charge is 2.30. The highest BCUT2D eigenvalue weighted by atomic mass is 32.2. The predicted molar refractivity (Wildman–Crippen MR) is 98.6 cm³/mol. The molecule has 9 nitrogen and oxygen atoms in total. The number of amides is 2. The molecule has 2 heterocycles. The zero-order valence-corrected chi connectivity index (χ0v) is 16.2. The van der Waals surface area contributed by atoms with Gasteiger partial charge in [0.15, 0.2) is 0 Å². The largest absolute Gasteiger partial charge is 0.462 e. The highest BCUT2D eigenvalue weighted by molar-refractivity contribution is 8.00. The summed E-state index contributed by atoms with van der Waals surface area (Å²) in [5.74, 6) is -2.14. The van der Waals surface area contributed by atoms with Crippen LogP contribution in [-0.4, -0.2) is 39.6 Å². The molecule has 0 saturated heterocycles. The number of aromatic nitrogens is 2. The van der Waals surface area contributed by atoms with E-state index in [2.05, 4.69) is 15.3 Å². The summed E-state index contributed by atoms with van der Waals surface area (Å²) >= 11 is 1.21. The molecule has 3 N–H and O–H groups in total. The van der Waals surface area contributed by atoms with Crippen molar-refractivity contribution in [3.63, 3.8) is 0 Å². The Morgan fingerprint density at radius 2 is 2.00 bits per heavy atom. The molecule has 0 fully saturated rings. The molecule has 0 saturated carbocycles. The minimum atomic E-state index is -0.906. The molecule has 2 aromatic heterocycles. The Morgan fingerprint density at radius 3 is 2.59 bits per heavy atom. The Kier molecular flexibility index (Phi) is 6.56. The number of nitrogens with two attached hydrogens (primary N) is 1. The van der Waals surface area contributed by atoms with E-state index in [1.54, 1.807) is 19.9 Å². The molecule has 0 aliphatic carbocycles. The summed E-state index contributed by atoms with van der Waals surface area (Å²) in [7, 11) is 0. The summed E-state index contributed by atoms with van der Waals surface area (Å²) in [5.41, 5.74) is 5.84. The number of carbonyl (C=O) groups is 3. The zero-order chi connectivity index (χ0) is 20.1. The Bertz CT molecular complexity index is 880. The van der Waals surface area contributed by atoms with Crippen molar-refractivity contribution in [2.24, 2.45) is 5.73 Å². The molecule has 144 valence electrons. The number of rotatable bonds is 7. The van der Waals surface area contributed by atoms with Crippen LogP contribution < -0.4 is 11.1 Å². The Morgan fingerprint density at radius 1 is 1.30 bits per heavy atom. The predicted octanol–water partition coefficient (Wildman–Crippen LogP) is 2.08. The standard InChI is InChI=1S/C17H20N4O5S/c1-5-25-17(24)12-9(3)26-16(13(12)14(18)22)21-15(23)10(4)27-11-6-8(2)19-7-20-11/h6-7,10H,5H2,1-4H3,(H2,18,22)(H,21,23). The molecular weight excluding hydrogens is 372 g/mol. The molecule has 27 heavy (non-hydrogen) atoms. The summed E-state index contributed by atoms with van der Waals surface area (Å²) < 4.78 is 10.3. The van der Waals surface area contributed by atoms with Gasteiger partial charge in [-0.25, -0.2) is 14.8 Å². The minimum absolute atomic E-state index is 0.0913. The summed E-state index contributed by atoms with van der Waals surface area (Å²) in [6.45, 7) is 6.72.